The molecule has 1 N–H and O–H groups in total. The van der Waals surface area contributed by atoms with E-state index in [0.717, 1.165) is 11.4 Å². The van der Waals surface area contributed by atoms with Crippen molar-refractivity contribution in [1.29, 1.82) is 0 Å². The lowest BCUT2D eigenvalue weighted by Crippen LogP contribution is -2.42. The number of nitrogens with one attached hydrogen (secondary N) is 1. The van der Waals surface area contributed by atoms with Crippen molar-refractivity contribution in [3.8, 4) is 0 Å². The Morgan fingerprint density at radius 2 is 2.57 bits per heavy atom. The average Bonchev–Trinajstić information content (AvgIpc) is 2.59. The number of imidazole rings is 1. The molecule has 1 atom stereocenters. The number of carbonyl (C=O) groups excluding carboxylic acids is 1. The van der Waals surface area contributed by atoms with Gasteiger partial charge >= 0.3 is 5.97 Å². The van der Waals surface area contributed by atoms with Crippen LogP contribution in [0, 0.1) is 0 Å². The number of aryl methyl sites for hydroxylation is 1. The van der Waals surface area contributed by atoms with Gasteiger partial charge in [-0.15, -0.1) is 0 Å². The molecule has 2 heterocycles. The van der Waals surface area contributed by atoms with Crippen LogP contribution in [0.2, 0.25) is 0 Å². The summed E-state index contributed by atoms with van der Waals surface area (Å²) in [6.07, 6.45) is 2.38. The van der Waals surface area contributed by atoms with E-state index >= 15 is 0 Å². The number of carbonyl (C=O) groups is 1. The summed E-state index contributed by atoms with van der Waals surface area (Å²) in [5.74, 6) is -0.221. The van der Waals surface area contributed by atoms with Crippen molar-refractivity contribution < 1.29 is 9.53 Å². The van der Waals surface area contributed by atoms with Gasteiger partial charge in [0.15, 0.2) is 0 Å². The molecule has 0 fully saturated rings. The maximum absolute atomic E-state index is 11.3. The van der Waals surface area contributed by atoms with Crippen molar-refractivity contribution in [3.05, 3.63) is 17.7 Å². The van der Waals surface area contributed by atoms with Crippen LogP contribution < -0.4 is 5.32 Å². The smallest absolute Gasteiger partial charge is 0.323 e. The molecule has 0 saturated carbocycles. The predicted molar refractivity (Wildman–Crippen MR) is 49.6 cm³/mol. The van der Waals surface area contributed by atoms with Crippen molar-refractivity contribution in [3.63, 3.8) is 0 Å². The number of hydrogen-bond donors (Lipinski definition) is 1. The third kappa shape index (κ3) is 1.39. The van der Waals surface area contributed by atoms with Crippen LogP contribution in [0.15, 0.2) is 6.33 Å². The molecule has 5 heteroatoms. The summed E-state index contributed by atoms with van der Waals surface area (Å²) in [6, 6.07) is -0.248. The second-order valence-electron chi connectivity index (χ2n) is 3.41. The fraction of sp³-hybridized carbons (Fsp3) is 0.556. The van der Waals surface area contributed by atoms with Gasteiger partial charge in [0.25, 0.3) is 0 Å². The van der Waals surface area contributed by atoms with Gasteiger partial charge in [0.2, 0.25) is 0 Å². The molecular formula is C9H13N3O2. The molecule has 1 aromatic rings. The monoisotopic (exact) mass is 195 g/mol. The van der Waals surface area contributed by atoms with Crippen LogP contribution in [0.25, 0.3) is 0 Å². The molecule has 0 aromatic carbocycles. The van der Waals surface area contributed by atoms with Gasteiger partial charge in [0.05, 0.1) is 24.8 Å². The fourth-order valence-corrected chi connectivity index (χ4v) is 1.70. The highest BCUT2D eigenvalue weighted by atomic mass is 16.5. The van der Waals surface area contributed by atoms with Crippen molar-refractivity contribution >= 4 is 5.97 Å². The van der Waals surface area contributed by atoms with Crippen molar-refractivity contribution in [1.82, 2.24) is 14.9 Å². The van der Waals surface area contributed by atoms with Crippen LogP contribution >= 0.6 is 0 Å². The van der Waals surface area contributed by atoms with Gasteiger partial charge in [-0.1, -0.05) is 0 Å². The molecule has 1 aliphatic rings. The molecule has 0 saturated heterocycles. The lowest BCUT2D eigenvalue weighted by Gasteiger charge is -2.21. The number of hydrogen-bond acceptors (Lipinski definition) is 4. The standard InChI is InChI=1S/C9H13N3O2/c1-12-5-11-6-3-7(9(13)14-2)10-4-8(6)12/h5,7,10H,3-4H2,1-2H3. The summed E-state index contributed by atoms with van der Waals surface area (Å²) in [6.45, 7) is 0.672. The summed E-state index contributed by atoms with van der Waals surface area (Å²) in [7, 11) is 3.35. The number of fused-ring (bicyclic) bond motifs is 1. The summed E-state index contributed by atoms with van der Waals surface area (Å²) < 4.78 is 6.64. The van der Waals surface area contributed by atoms with Crippen LogP contribution in [0.5, 0.6) is 0 Å². The zero-order chi connectivity index (χ0) is 10.1. The first kappa shape index (κ1) is 9.21. The van der Waals surface area contributed by atoms with Crippen LogP contribution in [0.4, 0.5) is 0 Å². The Morgan fingerprint density at radius 3 is 3.29 bits per heavy atom. The lowest BCUT2D eigenvalue weighted by atomic mass is 10.1. The Labute approximate surface area is 82.1 Å². The highest BCUT2D eigenvalue weighted by molar-refractivity contribution is 5.76. The first-order valence-electron chi connectivity index (χ1n) is 4.52. The van der Waals surface area contributed by atoms with E-state index in [9.17, 15) is 4.79 Å². The Bertz CT molecular complexity index is 359. The van der Waals surface area contributed by atoms with E-state index < -0.39 is 0 Å². The third-order valence-electron chi connectivity index (χ3n) is 2.54. The second kappa shape index (κ2) is 3.42. The minimum Gasteiger partial charge on any atom is -0.468 e. The van der Waals surface area contributed by atoms with Gasteiger partial charge in [-0.05, 0) is 0 Å². The highest BCUT2D eigenvalue weighted by Gasteiger charge is 2.26. The zero-order valence-electron chi connectivity index (χ0n) is 8.28. The number of nitrogens with zero attached hydrogens (tertiary/aromatic N) is 2. The van der Waals surface area contributed by atoms with Crippen LogP contribution in [0.3, 0.4) is 0 Å². The molecule has 0 amide bonds. The Balaban J connectivity index is 2.18. The lowest BCUT2D eigenvalue weighted by molar-refractivity contribution is -0.143. The molecular weight excluding hydrogens is 182 g/mol. The number of rotatable bonds is 1. The molecule has 0 radical (unpaired) electrons. The number of aromatic nitrogens is 2. The SMILES string of the molecule is COC(=O)C1Cc2ncn(C)c2CN1. The van der Waals surface area contributed by atoms with E-state index in [1.165, 1.54) is 7.11 Å². The van der Waals surface area contributed by atoms with Gasteiger partial charge in [-0.2, -0.15) is 0 Å². The molecule has 2 rings (SSSR count). The van der Waals surface area contributed by atoms with E-state index in [-0.39, 0.29) is 12.0 Å². The van der Waals surface area contributed by atoms with E-state index in [4.69, 9.17) is 0 Å². The molecule has 5 nitrogen and oxygen atoms in total. The maximum Gasteiger partial charge on any atom is 0.323 e. The zero-order valence-corrected chi connectivity index (χ0v) is 8.28. The molecule has 14 heavy (non-hydrogen) atoms. The maximum atomic E-state index is 11.3. The Hall–Kier alpha value is -1.36. The van der Waals surface area contributed by atoms with E-state index in [1.54, 1.807) is 6.33 Å². The first-order chi connectivity index (χ1) is 6.72. The molecule has 1 unspecified atom stereocenters. The first-order valence-corrected chi connectivity index (χ1v) is 4.52. The summed E-state index contributed by atoms with van der Waals surface area (Å²) in [5, 5.41) is 3.12. The Morgan fingerprint density at radius 1 is 1.79 bits per heavy atom. The molecule has 0 bridgehead atoms. The van der Waals surface area contributed by atoms with E-state index in [1.807, 2.05) is 11.6 Å². The molecule has 0 spiro atoms. The second-order valence-corrected chi connectivity index (χ2v) is 3.41. The van der Waals surface area contributed by atoms with Gasteiger partial charge in [-0.25, -0.2) is 4.98 Å². The van der Waals surface area contributed by atoms with E-state index in [0.29, 0.717) is 13.0 Å². The van der Waals surface area contributed by atoms with E-state index in [2.05, 4.69) is 15.0 Å². The summed E-state index contributed by atoms with van der Waals surface area (Å²) in [5.41, 5.74) is 2.13. The van der Waals surface area contributed by atoms with Gasteiger partial charge in [0.1, 0.15) is 6.04 Å². The van der Waals surface area contributed by atoms with Crippen LogP contribution in [-0.4, -0.2) is 28.7 Å². The largest absolute Gasteiger partial charge is 0.468 e. The summed E-state index contributed by atoms with van der Waals surface area (Å²) in [4.78, 5) is 15.5. The molecule has 76 valence electrons. The summed E-state index contributed by atoms with van der Waals surface area (Å²) >= 11 is 0. The molecule has 1 aromatic heterocycles. The van der Waals surface area contributed by atoms with Gasteiger partial charge in [-0.3, -0.25) is 10.1 Å². The number of ether oxygens (including phenoxy) is 1. The van der Waals surface area contributed by atoms with Crippen LogP contribution in [-0.2, 0) is 29.5 Å². The Kier molecular flexibility index (Phi) is 2.25. The molecule has 1 aliphatic heterocycles. The van der Waals surface area contributed by atoms with Crippen molar-refractivity contribution in [2.45, 2.75) is 19.0 Å². The van der Waals surface area contributed by atoms with Crippen molar-refractivity contribution in [2.24, 2.45) is 7.05 Å². The minimum absolute atomic E-state index is 0.221. The highest BCUT2D eigenvalue weighted by Crippen LogP contribution is 2.14. The molecule has 0 aliphatic carbocycles. The minimum atomic E-state index is -0.248. The number of esters is 1. The quantitative estimate of drug-likeness (QED) is 0.620. The third-order valence-corrected chi connectivity index (χ3v) is 2.54. The number of methoxy groups -OCH3 is 1. The average molecular weight is 195 g/mol. The predicted octanol–water partition coefficient (Wildman–Crippen LogP) is -0.393. The fourth-order valence-electron chi connectivity index (χ4n) is 1.70. The van der Waals surface area contributed by atoms with Crippen LogP contribution in [0.1, 0.15) is 11.4 Å². The topological polar surface area (TPSA) is 56.1 Å². The van der Waals surface area contributed by atoms with Gasteiger partial charge in [0, 0.05) is 20.0 Å². The normalized spacial score (nSPS) is 20.3. The van der Waals surface area contributed by atoms with Crippen molar-refractivity contribution in [2.75, 3.05) is 7.11 Å². The van der Waals surface area contributed by atoms with Gasteiger partial charge < -0.3 is 9.30 Å².